The molecule has 0 aliphatic rings. The van der Waals surface area contributed by atoms with Crippen LogP contribution < -0.4 is 0 Å². The van der Waals surface area contributed by atoms with Crippen molar-refractivity contribution in [1.29, 1.82) is 0 Å². The summed E-state index contributed by atoms with van der Waals surface area (Å²) in [6.45, 7) is 4.47. The van der Waals surface area contributed by atoms with Crippen molar-refractivity contribution >= 4 is 0 Å². The molecule has 0 nitrogen and oxygen atoms in total. The summed E-state index contributed by atoms with van der Waals surface area (Å²) in [5, 5.41) is 0. The van der Waals surface area contributed by atoms with Gasteiger partial charge in [0, 0.05) is 0 Å². The Morgan fingerprint density at radius 2 is 1.80 bits per heavy atom. The molecule has 0 N–H and O–H groups in total. The first kappa shape index (κ1) is 12.2. The number of hydrogen-bond acceptors (Lipinski definition) is 0. The molecule has 0 spiro atoms. The summed E-state index contributed by atoms with van der Waals surface area (Å²) in [5.74, 6) is 0.621. The molecule has 0 heterocycles. The molecule has 1 atom stereocenters. The van der Waals surface area contributed by atoms with Gasteiger partial charge in [0.2, 0.25) is 0 Å². The minimum absolute atomic E-state index is 0.139. The molecule has 0 aromatic heterocycles. The third kappa shape index (κ3) is 4.46. The monoisotopic (exact) mass is 208 g/mol. The molecular weight excluding hydrogens is 187 g/mol. The van der Waals surface area contributed by atoms with E-state index in [0.29, 0.717) is 0 Å². The second-order valence-electron chi connectivity index (χ2n) is 4.25. The highest BCUT2D eigenvalue weighted by atomic mass is 19.1. The molecule has 0 aliphatic carbocycles. The average Bonchev–Trinajstić information content (AvgIpc) is 2.27. The smallest absolute Gasteiger partial charge is 0.123 e. The van der Waals surface area contributed by atoms with Gasteiger partial charge in [-0.3, -0.25) is 0 Å². The van der Waals surface area contributed by atoms with Crippen molar-refractivity contribution in [3.8, 4) is 0 Å². The standard InChI is InChI=1S/C14H21F/c1-3-5-6-12(4-2)11-13-7-9-14(15)10-8-13/h7-10,12H,3-6,11H2,1-2H3. The number of benzene rings is 1. The summed E-state index contributed by atoms with van der Waals surface area (Å²) >= 11 is 0. The minimum atomic E-state index is -0.139. The minimum Gasteiger partial charge on any atom is -0.207 e. The van der Waals surface area contributed by atoms with Gasteiger partial charge in [-0.2, -0.15) is 0 Å². The lowest BCUT2D eigenvalue weighted by molar-refractivity contribution is 0.449. The Morgan fingerprint density at radius 3 is 2.33 bits per heavy atom. The Morgan fingerprint density at radius 1 is 1.13 bits per heavy atom. The van der Waals surface area contributed by atoms with E-state index in [-0.39, 0.29) is 5.82 Å². The van der Waals surface area contributed by atoms with Crippen LogP contribution in [0.25, 0.3) is 0 Å². The summed E-state index contributed by atoms with van der Waals surface area (Å²) < 4.78 is 12.7. The lowest BCUT2D eigenvalue weighted by Gasteiger charge is -2.14. The molecule has 0 saturated carbocycles. The number of hydrogen-bond donors (Lipinski definition) is 0. The molecule has 1 rings (SSSR count). The van der Waals surface area contributed by atoms with Gasteiger partial charge in [0.25, 0.3) is 0 Å². The number of halogens is 1. The molecule has 0 fully saturated rings. The summed E-state index contributed by atoms with van der Waals surface area (Å²) in [6, 6.07) is 6.93. The van der Waals surface area contributed by atoms with Gasteiger partial charge < -0.3 is 0 Å². The zero-order valence-electron chi connectivity index (χ0n) is 9.80. The summed E-state index contributed by atoms with van der Waals surface area (Å²) in [6.07, 6.45) is 6.18. The first-order chi connectivity index (χ1) is 7.26. The predicted octanol–water partition coefficient (Wildman–Crippen LogP) is 4.58. The van der Waals surface area contributed by atoms with Gasteiger partial charge in [-0.15, -0.1) is 0 Å². The fourth-order valence-electron chi connectivity index (χ4n) is 1.90. The predicted molar refractivity (Wildman–Crippen MR) is 63.4 cm³/mol. The zero-order chi connectivity index (χ0) is 11.1. The van der Waals surface area contributed by atoms with E-state index in [9.17, 15) is 4.39 Å². The Hall–Kier alpha value is -0.850. The Kier molecular flexibility index (Phi) is 5.38. The maximum atomic E-state index is 12.7. The second-order valence-corrected chi connectivity index (χ2v) is 4.25. The Bertz CT molecular complexity index is 263. The van der Waals surface area contributed by atoms with Gasteiger partial charge in [0.1, 0.15) is 5.82 Å². The van der Waals surface area contributed by atoms with E-state index in [4.69, 9.17) is 0 Å². The molecule has 1 aromatic carbocycles. The molecule has 1 heteroatoms. The average molecular weight is 208 g/mol. The van der Waals surface area contributed by atoms with Crippen LogP contribution in [-0.2, 0) is 6.42 Å². The molecule has 1 unspecified atom stereocenters. The van der Waals surface area contributed by atoms with Crippen LogP contribution in [-0.4, -0.2) is 0 Å². The summed E-state index contributed by atoms with van der Waals surface area (Å²) in [7, 11) is 0. The normalized spacial score (nSPS) is 12.7. The van der Waals surface area contributed by atoms with Crippen molar-refractivity contribution in [3.63, 3.8) is 0 Å². The topological polar surface area (TPSA) is 0 Å². The van der Waals surface area contributed by atoms with Gasteiger partial charge in [-0.25, -0.2) is 4.39 Å². The molecule has 0 radical (unpaired) electrons. The lowest BCUT2D eigenvalue weighted by Crippen LogP contribution is -2.03. The molecular formula is C14H21F. The van der Waals surface area contributed by atoms with Crippen LogP contribution in [0.5, 0.6) is 0 Å². The quantitative estimate of drug-likeness (QED) is 0.641. The van der Waals surface area contributed by atoms with Gasteiger partial charge in [-0.05, 0) is 30.0 Å². The zero-order valence-corrected chi connectivity index (χ0v) is 9.80. The van der Waals surface area contributed by atoms with Crippen molar-refractivity contribution in [2.24, 2.45) is 5.92 Å². The SMILES string of the molecule is CCCCC(CC)Cc1ccc(F)cc1. The van der Waals surface area contributed by atoms with E-state index in [1.807, 2.05) is 12.1 Å². The van der Waals surface area contributed by atoms with E-state index in [1.54, 1.807) is 12.1 Å². The van der Waals surface area contributed by atoms with Gasteiger partial charge in [0.15, 0.2) is 0 Å². The van der Waals surface area contributed by atoms with Crippen LogP contribution in [0.1, 0.15) is 45.1 Å². The van der Waals surface area contributed by atoms with Crippen LogP contribution in [0.4, 0.5) is 4.39 Å². The van der Waals surface area contributed by atoms with Crippen molar-refractivity contribution in [1.82, 2.24) is 0 Å². The summed E-state index contributed by atoms with van der Waals surface area (Å²) in [5.41, 5.74) is 1.26. The van der Waals surface area contributed by atoms with Crippen molar-refractivity contribution in [2.45, 2.75) is 46.0 Å². The first-order valence-corrected chi connectivity index (χ1v) is 6.00. The van der Waals surface area contributed by atoms with E-state index in [2.05, 4.69) is 13.8 Å². The van der Waals surface area contributed by atoms with Crippen LogP contribution >= 0.6 is 0 Å². The van der Waals surface area contributed by atoms with Crippen molar-refractivity contribution in [2.75, 3.05) is 0 Å². The Labute approximate surface area is 92.5 Å². The van der Waals surface area contributed by atoms with E-state index in [0.717, 1.165) is 12.3 Å². The van der Waals surface area contributed by atoms with E-state index in [1.165, 1.54) is 31.2 Å². The first-order valence-electron chi connectivity index (χ1n) is 6.00. The lowest BCUT2D eigenvalue weighted by atomic mass is 9.92. The number of rotatable bonds is 6. The fraction of sp³-hybridized carbons (Fsp3) is 0.571. The maximum absolute atomic E-state index is 12.7. The van der Waals surface area contributed by atoms with Gasteiger partial charge in [-0.1, -0.05) is 51.7 Å². The highest BCUT2D eigenvalue weighted by Gasteiger charge is 2.06. The molecule has 0 bridgehead atoms. The largest absolute Gasteiger partial charge is 0.207 e. The highest BCUT2D eigenvalue weighted by molar-refractivity contribution is 5.16. The van der Waals surface area contributed by atoms with Crippen molar-refractivity contribution in [3.05, 3.63) is 35.6 Å². The van der Waals surface area contributed by atoms with Crippen LogP contribution in [0.15, 0.2) is 24.3 Å². The van der Waals surface area contributed by atoms with Crippen LogP contribution in [0.2, 0.25) is 0 Å². The van der Waals surface area contributed by atoms with E-state index >= 15 is 0 Å². The van der Waals surface area contributed by atoms with Crippen molar-refractivity contribution < 1.29 is 4.39 Å². The highest BCUT2D eigenvalue weighted by Crippen LogP contribution is 2.18. The van der Waals surface area contributed by atoms with E-state index < -0.39 is 0 Å². The molecule has 15 heavy (non-hydrogen) atoms. The van der Waals surface area contributed by atoms with Gasteiger partial charge >= 0.3 is 0 Å². The second kappa shape index (κ2) is 6.60. The Balaban J connectivity index is 2.47. The molecule has 84 valence electrons. The molecule has 0 aliphatic heterocycles. The molecule has 1 aromatic rings. The summed E-state index contributed by atoms with van der Waals surface area (Å²) in [4.78, 5) is 0. The fourth-order valence-corrected chi connectivity index (χ4v) is 1.90. The van der Waals surface area contributed by atoms with Crippen LogP contribution in [0, 0.1) is 11.7 Å². The van der Waals surface area contributed by atoms with Gasteiger partial charge in [0.05, 0.1) is 0 Å². The molecule has 0 saturated heterocycles. The third-order valence-electron chi connectivity index (χ3n) is 2.98. The van der Waals surface area contributed by atoms with Crippen LogP contribution in [0.3, 0.4) is 0 Å². The third-order valence-corrected chi connectivity index (χ3v) is 2.98. The maximum Gasteiger partial charge on any atom is 0.123 e. The molecule has 0 amide bonds. The number of unbranched alkanes of at least 4 members (excludes halogenated alkanes) is 1.